The smallest absolute Gasteiger partial charge is 0.161 e. The second kappa shape index (κ2) is 8.11. The van der Waals surface area contributed by atoms with Crippen LogP contribution in [0.4, 0.5) is 0 Å². The van der Waals surface area contributed by atoms with Gasteiger partial charge in [-0.2, -0.15) is 0 Å². The van der Waals surface area contributed by atoms with Crippen LogP contribution in [0.1, 0.15) is 31.0 Å². The molecule has 1 unspecified atom stereocenters. The Balaban J connectivity index is 1.52. The molecule has 1 aliphatic rings. The molecule has 1 aliphatic heterocycles. The zero-order valence-corrected chi connectivity index (χ0v) is 16.7. The second-order valence-electron chi connectivity index (χ2n) is 7.55. The van der Waals surface area contributed by atoms with E-state index in [1.807, 2.05) is 12.1 Å². The first-order chi connectivity index (χ1) is 13.6. The van der Waals surface area contributed by atoms with Crippen molar-refractivity contribution in [3.8, 4) is 17.2 Å². The van der Waals surface area contributed by atoms with Crippen LogP contribution in [0.5, 0.6) is 17.2 Å². The molecule has 0 saturated heterocycles. The van der Waals surface area contributed by atoms with Gasteiger partial charge in [-0.3, -0.25) is 0 Å². The number of methoxy groups -OCH3 is 1. The van der Waals surface area contributed by atoms with Crippen molar-refractivity contribution in [2.75, 3.05) is 20.3 Å². The van der Waals surface area contributed by atoms with Crippen molar-refractivity contribution in [2.24, 2.45) is 5.92 Å². The molecule has 3 aromatic rings. The molecule has 0 aromatic heterocycles. The lowest BCUT2D eigenvalue weighted by Crippen LogP contribution is -2.25. The predicted octanol–water partition coefficient (Wildman–Crippen LogP) is 5.11. The van der Waals surface area contributed by atoms with E-state index in [9.17, 15) is 0 Å². The van der Waals surface area contributed by atoms with Crippen molar-refractivity contribution < 1.29 is 14.2 Å². The largest absolute Gasteiger partial charge is 0.497 e. The number of hydrogen-bond donors (Lipinski definition) is 1. The maximum Gasteiger partial charge on any atom is 0.161 e. The molecule has 1 atom stereocenters. The van der Waals surface area contributed by atoms with Crippen LogP contribution in [-0.2, 0) is 6.54 Å². The average molecular weight is 377 g/mol. The molecule has 0 saturated carbocycles. The van der Waals surface area contributed by atoms with E-state index in [1.165, 1.54) is 21.9 Å². The van der Waals surface area contributed by atoms with Crippen LogP contribution >= 0.6 is 0 Å². The molecule has 0 bridgehead atoms. The van der Waals surface area contributed by atoms with E-state index < -0.39 is 0 Å². The molecule has 0 aliphatic carbocycles. The zero-order chi connectivity index (χ0) is 19.5. The van der Waals surface area contributed by atoms with Crippen molar-refractivity contribution in [2.45, 2.75) is 26.4 Å². The summed E-state index contributed by atoms with van der Waals surface area (Å²) in [6, 6.07) is 19.3. The highest BCUT2D eigenvalue weighted by molar-refractivity contribution is 5.84. The highest BCUT2D eigenvalue weighted by Crippen LogP contribution is 2.34. The van der Waals surface area contributed by atoms with E-state index >= 15 is 0 Å². The van der Waals surface area contributed by atoms with Crippen LogP contribution in [0.2, 0.25) is 0 Å². The van der Waals surface area contributed by atoms with Gasteiger partial charge in [-0.25, -0.2) is 0 Å². The molecule has 146 valence electrons. The summed E-state index contributed by atoms with van der Waals surface area (Å²) in [5, 5.41) is 6.14. The monoisotopic (exact) mass is 377 g/mol. The Hall–Kier alpha value is -2.72. The number of nitrogens with one attached hydrogen (secondary N) is 1. The third-order valence-electron chi connectivity index (χ3n) is 5.23. The molecule has 4 rings (SSSR count). The van der Waals surface area contributed by atoms with Gasteiger partial charge in [-0.1, -0.05) is 38.1 Å². The lowest BCUT2D eigenvalue weighted by Gasteiger charge is -2.25. The third-order valence-corrected chi connectivity index (χ3v) is 5.23. The second-order valence-corrected chi connectivity index (χ2v) is 7.55. The van der Waals surface area contributed by atoms with E-state index in [-0.39, 0.29) is 6.04 Å². The van der Waals surface area contributed by atoms with Crippen molar-refractivity contribution in [3.05, 3.63) is 65.7 Å². The van der Waals surface area contributed by atoms with Crippen LogP contribution < -0.4 is 19.5 Å². The van der Waals surface area contributed by atoms with E-state index in [2.05, 4.69) is 61.6 Å². The molecular weight excluding hydrogens is 350 g/mol. The Labute approximate surface area is 166 Å². The lowest BCUT2D eigenvalue weighted by molar-refractivity contribution is 0.171. The highest BCUT2D eigenvalue weighted by atomic mass is 16.6. The minimum Gasteiger partial charge on any atom is -0.497 e. The molecule has 0 spiro atoms. The minimum atomic E-state index is 0.238. The van der Waals surface area contributed by atoms with E-state index in [0.29, 0.717) is 19.1 Å². The van der Waals surface area contributed by atoms with Crippen molar-refractivity contribution in [1.29, 1.82) is 0 Å². The molecular formula is C24H27NO3. The lowest BCUT2D eigenvalue weighted by atomic mass is 9.95. The number of hydrogen-bond acceptors (Lipinski definition) is 4. The molecule has 1 N–H and O–H groups in total. The highest BCUT2D eigenvalue weighted by Gasteiger charge is 2.19. The van der Waals surface area contributed by atoms with Gasteiger partial charge in [0, 0.05) is 12.6 Å². The van der Waals surface area contributed by atoms with E-state index in [0.717, 1.165) is 23.8 Å². The topological polar surface area (TPSA) is 39.7 Å². The Morgan fingerprint density at radius 3 is 2.43 bits per heavy atom. The van der Waals surface area contributed by atoms with Crippen molar-refractivity contribution in [3.63, 3.8) is 0 Å². The van der Waals surface area contributed by atoms with Gasteiger partial charge >= 0.3 is 0 Å². The first-order valence-corrected chi connectivity index (χ1v) is 9.83. The van der Waals surface area contributed by atoms with Crippen molar-refractivity contribution >= 4 is 10.8 Å². The van der Waals surface area contributed by atoms with Gasteiger partial charge < -0.3 is 19.5 Å². The first-order valence-electron chi connectivity index (χ1n) is 9.83. The summed E-state index contributed by atoms with van der Waals surface area (Å²) in [6.45, 7) is 6.51. The number of ether oxygens (including phenoxy) is 3. The fourth-order valence-corrected chi connectivity index (χ4v) is 3.73. The summed E-state index contributed by atoms with van der Waals surface area (Å²) in [7, 11) is 1.70. The minimum absolute atomic E-state index is 0.238. The Morgan fingerprint density at radius 2 is 1.64 bits per heavy atom. The molecule has 1 heterocycles. The van der Waals surface area contributed by atoms with Crippen LogP contribution in [0.3, 0.4) is 0 Å². The summed E-state index contributed by atoms with van der Waals surface area (Å²) < 4.78 is 16.7. The molecule has 0 radical (unpaired) electrons. The summed E-state index contributed by atoms with van der Waals surface area (Å²) in [4.78, 5) is 0. The summed E-state index contributed by atoms with van der Waals surface area (Å²) in [5.74, 6) is 3.02. The van der Waals surface area contributed by atoms with Gasteiger partial charge in [0.05, 0.1) is 7.11 Å². The normalized spacial score (nSPS) is 14.3. The maximum atomic E-state index is 5.76. The van der Waals surface area contributed by atoms with E-state index in [4.69, 9.17) is 14.2 Å². The standard InChI is InChI=1S/C24H27NO3/c1-16(2)24(20-7-9-22-23(14-20)28-11-10-27-22)25-15-17-4-5-19-13-21(26-3)8-6-18(19)12-17/h4-9,12-14,16,24-25H,10-11,15H2,1-3H3. The van der Waals surface area contributed by atoms with Crippen LogP contribution in [-0.4, -0.2) is 20.3 Å². The average Bonchev–Trinajstić information content (AvgIpc) is 2.73. The van der Waals surface area contributed by atoms with Gasteiger partial charge in [-0.05, 0) is 58.1 Å². The van der Waals surface area contributed by atoms with Crippen LogP contribution in [0.15, 0.2) is 54.6 Å². The van der Waals surface area contributed by atoms with Crippen molar-refractivity contribution in [1.82, 2.24) is 5.32 Å². The number of fused-ring (bicyclic) bond motifs is 2. The van der Waals surface area contributed by atoms with Gasteiger partial charge in [0.1, 0.15) is 19.0 Å². The Kier molecular flexibility index (Phi) is 5.40. The van der Waals surface area contributed by atoms with Crippen LogP contribution in [0, 0.1) is 5.92 Å². The molecule has 4 heteroatoms. The summed E-state index contributed by atoms with van der Waals surface area (Å²) in [5.41, 5.74) is 2.49. The SMILES string of the molecule is COc1ccc2cc(CNC(c3ccc4c(c3)OCCO4)C(C)C)ccc2c1. The third kappa shape index (κ3) is 3.92. The fourth-order valence-electron chi connectivity index (χ4n) is 3.73. The Morgan fingerprint density at radius 1 is 0.893 bits per heavy atom. The molecule has 3 aromatic carbocycles. The first kappa shape index (κ1) is 18.6. The molecule has 0 fully saturated rings. The predicted molar refractivity (Wildman–Crippen MR) is 112 cm³/mol. The number of rotatable bonds is 6. The number of benzene rings is 3. The Bertz CT molecular complexity index is 967. The van der Waals surface area contributed by atoms with Gasteiger partial charge in [0.15, 0.2) is 11.5 Å². The van der Waals surface area contributed by atoms with E-state index in [1.54, 1.807) is 7.11 Å². The van der Waals surface area contributed by atoms with Crippen LogP contribution in [0.25, 0.3) is 10.8 Å². The fraction of sp³-hybridized carbons (Fsp3) is 0.333. The summed E-state index contributed by atoms with van der Waals surface area (Å²) >= 11 is 0. The summed E-state index contributed by atoms with van der Waals surface area (Å²) in [6.07, 6.45) is 0. The zero-order valence-electron chi connectivity index (χ0n) is 16.7. The quantitative estimate of drug-likeness (QED) is 0.648. The van der Waals surface area contributed by atoms with Gasteiger partial charge in [0.25, 0.3) is 0 Å². The van der Waals surface area contributed by atoms with Gasteiger partial charge in [0.2, 0.25) is 0 Å². The molecule has 4 nitrogen and oxygen atoms in total. The molecule has 28 heavy (non-hydrogen) atoms. The maximum absolute atomic E-state index is 5.76. The van der Waals surface area contributed by atoms with Gasteiger partial charge in [-0.15, -0.1) is 0 Å². The molecule has 0 amide bonds.